The van der Waals surface area contributed by atoms with Gasteiger partial charge in [0.15, 0.2) is 0 Å². The van der Waals surface area contributed by atoms with Crippen LogP contribution in [-0.4, -0.2) is 23.2 Å². The van der Waals surface area contributed by atoms with E-state index in [-0.39, 0.29) is 0 Å². The fraction of sp³-hybridized carbons (Fsp3) is 0.556. The molecule has 0 saturated carbocycles. The lowest BCUT2D eigenvalue weighted by Crippen LogP contribution is -1.97. The SMILES string of the molecule is CCCC(O)c1ncc(C(=O)OC)s1. The minimum absolute atomic E-state index is 0.405. The number of aliphatic hydroxyl groups is 1. The fourth-order valence-corrected chi connectivity index (χ4v) is 1.89. The van der Waals surface area contributed by atoms with Gasteiger partial charge in [0.1, 0.15) is 16.0 Å². The van der Waals surface area contributed by atoms with Crippen LogP contribution in [0.15, 0.2) is 6.20 Å². The summed E-state index contributed by atoms with van der Waals surface area (Å²) >= 11 is 1.18. The molecule has 0 saturated heterocycles. The molecule has 1 aromatic heterocycles. The average molecular weight is 215 g/mol. The van der Waals surface area contributed by atoms with Crippen molar-refractivity contribution in [1.29, 1.82) is 0 Å². The molecule has 14 heavy (non-hydrogen) atoms. The van der Waals surface area contributed by atoms with Crippen molar-refractivity contribution in [2.24, 2.45) is 0 Å². The molecule has 4 nitrogen and oxygen atoms in total. The predicted octanol–water partition coefficient (Wildman–Crippen LogP) is 1.76. The van der Waals surface area contributed by atoms with Crippen LogP contribution in [0.4, 0.5) is 0 Å². The number of rotatable bonds is 4. The van der Waals surface area contributed by atoms with Crippen molar-refractivity contribution in [3.63, 3.8) is 0 Å². The van der Waals surface area contributed by atoms with Gasteiger partial charge in [-0.3, -0.25) is 0 Å². The van der Waals surface area contributed by atoms with Crippen molar-refractivity contribution in [3.05, 3.63) is 16.1 Å². The highest BCUT2D eigenvalue weighted by molar-refractivity contribution is 7.13. The van der Waals surface area contributed by atoms with Crippen molar-refractivity contribution in [3.8, 4) is 0 Å². The Morgan fingerprint density at radius 1 is 1.79 bits per heavy atom. The second-order valence-corrected chi connectivity index (χ2v) is 3.92. The van der Waals surface area contributed by atoms with Crippen LogP contribution in [0.5, 0.6) is 0 Å². The molecule has 0 bridgehead atoms. The zero-order chi connectivity index (χ0) is 10.6. The van der Waals surface area contributed by atoms with E-state index in [1.54, 1.807) is 0 Å². The summed E-state index contributed by atoms with van der Waals surface area (Å²) in [6, 6.07) is 0. The van der Waals surface area contributed by atoms with E-state index in [4.69, 9.17) is 0 Å². The van der Waals surface area contributed by atoms with Crippen LogP contribution in [0.3, 0.4) is 0 Å². The molecule has 0 aliphatic heterocycles. The van der Waals surface area contributed by atoms with Gasteiger partial charge in [-0.2, -0.15) is 0 Å². The van der Waals surface area contributed by atoms with Crippen LogP contribution in [0.1, 0.15) is 40.5 Å². The molecule has 0 amide bonds. The minimum Gasteiger partial charge on any atom is -0.465 e. The predicted molar refractivity (Wildman–Crippen MR) is 53.3 cm³/mol. The molecule has 0 spiro atoms. The lowest BCUT2D eigenvalue weighted by Gasteiger charge is -2.03. The molecule has 0 aliphatic rings. The smallest absolute Gasteiger partial charge is 0.349 e. The first-order valence-electron chi connectivity index (χ1n) is 4.41. The fourth-order valence-electron chi connectivity index (χ4n) is 1.03. The highest BCUT2D eigenvalue weighted by Gasteiger charge is 2.15. The first-order valence-corrected chi connectivity index (χ1v) is 5.22. The van der Waals surface area contributed by atoms with E-state index in [9.17, 15) is 9.90 Å². The molecule has 5 heteroatoms. The molecule has 0 aliphatic carbocycles. The number of hydrogen-bond donors (Lipinski definition) is 1. The average Bonchev–Trinajstić information content (AvgIpc) is 2.66. The molecule has 1 rings (SSSR count). The Labute approximate surface area is 86.6 Å². The number of aromatic nitrogens is 1. The van der Waals surface area contributed by atoms with Crippen molar-refractivity contribution in [2.45, 2.75) is 25.9 Å². The third-order valence-corrected chi connectivity index (χ3v) is 2.84. The van der Waals surface area contributed by atoms with Crippen LogP contribution in [0, 0.1) is 0 Å². The summed E-state index contributed by atoms with van der Waals surface area (Å²) in [6.07, 6.45) is 2.41. The Bertz CT molecular complexity index is 311. The van der Waals surface area contributed by atoms with Gasteiger partial charge < -0.3 is 9.84 Å². The summed E-state index contributed by atoms with van der Waals surface area (Å²) in [7, 11) is 1.32. The number of nitrogens with zero attached hydrogens (tertiary/aromatic N) is 1. The number of esters is 1. The molecular weight excluding hydrogens is 202 g/mol. The van der Waals surface area contributed by atoms with E-state index in [0.717, 1.165) is 6.42 Å². The van der Waals surface area contributed by atoms with Crippen LogP contribution in [0.2, 0.25) is 0 Å². The zero-order valence-corrected chi connectivity index (χ0v) is 9.00. The number of methoxy groups -OCH3 is 1. The van der Waals surface area contributed by atoms with Crippen molar-refractivity contribution < 1.29 is 14.6 Å². The Kier molecular flexibility index (Phi) is 4.03. The molecule has 1 N–H and O–H groups in total. The lowest BCUT2D eigenvalue weighted by molar-refractivity contribution is 0.0606. The van der Waals surface area contributed by atoms with Gasteiger partial charge >= 0.3 is 5.97 Å². The van der Waals surface area contributed by atoms with Crippen molar-refractivity contribution in [1.82, 2.24) is 4.98 Å². The lowest BCUT2D eigenvalue weighted by atomic mass is 10.2. The largest absolute Gasteiger partial charge is 0.465 e. The molecule has 78 valence electrons. The quantitative estimate of drug-likeness (QED) is 0.777. The summed E-state index contributed by atoms with van der Waals surface area (Å²) in [5.41, 5.74) is 0. The van der Waals surface area contributed by atoms with E-state index in [1.807, 2.05) is 6.92 Å². The second kappa shape index (κ2) is 5.07. The highest BCUT2D eigenvalue weighted by Crippen LogP contribution is 2.23. The third kappa shape index (κ3) is 2.52. The van der Waals surface area contributed by atoms with E-state index in [2.05, 4.69) is 9.72 Å². The summed E-state index contributed by atoms with van der Waals surface area (Å²) in [6.45, 7) is 1.98. The Morgan fingerprint density at radius 2 is 2.50 bits per heavy atom. The minimum atomic E-state index is -0.566. The van der Waals surface area contributed by atoms with Gasteiger partial charge in [0.05, 0.1) is 13.3 Å². The van der Waals surface area contributed by atoms with E-state index in [1.165, 1.54) is 24.6 Å². The first-order chi connectivity index (χ1) is 6.69. The van der Waals surface area contributed by atoms with Gasteiger partial charge in [-0.1, -0.05) is 13.3 Å². The molecule has 0 fully saturated rings. The third-order valence-electron chi connectivity index (χ3n) is 1.76. The molecule has 0 aromatic carbocycles. The van der Waals surface area contributed by atoms with Crippen LogP contribution in [0.25, 0.3) is 0 Å². The maximum absolute atomic E-state index is 11.1. The topological polar surface area (TPSA) is 59.4 Å². The summed E-state index contributed by atoms with van der Waals surface area (Å²) in [5, 5.41) is 10.2. The van der Waals surface area contributed by atoms with Gasteiger partial charge in [0, 0.05) is 0 Å². The number of ether oxygens (including phenoxy) is 1. The highest BCUT2D eigenvalue weighted by atomic mass is 32.1. The van der Waals surface area contributed by atoms with E-state index < -0.39 is 12.1 Å². The van der Waals surface area contributed by atoms with Crippen molar-refractivity contribution in [2.75, 3.05) is 7.11 Å². The van der Waals surface area contributed by atoms with Crippen LogP contribution >= 0.6 is 11.3 Å². The standard InChI is InChI=1S/C9H13NO3S/c1-3-4-6(11)8-10-5-7(14-8)9(12)13-2/h5-6,11H,3-4H2,1-2H3. The Morgan fingerprint density at radius 3 is 3.07 bits per heavy atom. The van der Waals surface area contributed by atoms with Crippen molar-refractivity contribution >= 4 is 17.3 Å². The second-order valence-electron chi connectivity index (χ2n) is 2.86. The maximum Gasteiger partial charge on any atom is 0.349 e. The molecule has 0 radical (unpaired) electrons. The first kappa shape index (κ1) is 11.1. The number of aliphatic hydroxyl groups excluding tert-OH is 1. The number of thiazole rings is 1. The van der Waals surface area contributed by atoms with Gasteiger partial charge in [0.25, 0.3) is 0 Å². The summed E-state index contributed by atoms with van der Waals surface area (Å²) in [4.78, 5) is 15.5. The van der Waals surface area contributed by atoms with E-state index in [0.29, 0.717) is 16.3 Å². The van der Waals surface area contributed by atoms with Gasteiger partial charge in [-0.25, -0.2) is 9.78 Å². The van der Waals surface area contributed by atoms with Gasteiger partial charge in [-0.05, 0) is 6.42 Å². The Hall–Kier alpha value is -0.940. The van der Waals surface area contributed by atoms with E-state index >= 15 is 0 Å². The molecule has 1 unspecified atom stereocenters. The number of carbonyl (C=O) groups excluding carboxylic acids is 1. The monoisotopic (exact) mass is 215 g/mol. The van der Waals surface area contributed by atoms with Gasteiger partial charge in [-0.15, -0.1) is 11.3 Å². The van der Waals surface area contributed by atoms with Gasteiger partial charge in [0.2, 0.25) is 0 Å². The summed E-state index contributed by atoms with van der Waals surface area (Å²) < 4.78 is 4.54. The molecule has 1 heterocycles. The molecule has 1 atom stereocenters. The Balaban J connectivity index is 2.72. The van der Waals surface area contributed by atoms with Crippen LogP contribution in [-0.2, 0) is 4.74 Å². The maximum atomic E-state index is 11.1. The zero-order valence-electron chi connectivity index (χ0n) is 8.19. The number of carbonyl (C=O) groups is 1. The molecule has 1 aromatic rings. The summed E-state index contributed by atoms with van der Waals surface area (Å²) in [5.74, 6) is -0.405. The normalized spacial score (nSPS) is 12.5. The number of hydrogen-bond acceptors (Lipinski definition) is 5. The molecular formula is C9H13NO3S. The van der Waals surface area contributed by atoms with Crippen LogP contribution < -0.4 is 0 Å².